The number of nitrogens with one attached hydrogen (secondary N) is 1. The molecule has 196 valence electrons. The second-order valence-corrected chi connectivity index (χ2v) is 9.47. The van der Waals surface area contributed by atoms with Crippen molar-refractivity contribution in [2.75, 3.05) is 34.0 Å². The number of hydrogen-bond donors (Lipinski definition) is 3. The zero-order valence-corrected chi connectivity index (χ0v) is 23.2. The van der Waals surface area contributed by atoms with E-state index in [4.69, 9.17) is 19.9 Å². The Labute approximate surface area is 214 Å². The second-order valence-electron chi connectivity index (χ2n) is 9.47. The standard InChI is InChI=1S/C25H46N2O4.2ClH/c1-8-25(4,5)27-17-22(28)21(26)16-20(18(2)3)14-19-10-11-23(30-7)24(15-19)31-13-9-12-29-6;;/h10-11,15,18,20-22,27-28H,8-9,12-14,16-17,26H2,1-7H3;2*1H/t20-,21-,22-;;/m0../s1. The Bertz CT molecular complexity index is 632. The molecule has 0 radical (unpaired) electrons. The van der Waals surface area contributed by atoms with Gasteiger partial charge in [0.25, 0.3) is 0 Å². The van der Waals surface area contributed by atoms with Crippen molar-refractivity contribution in [3.8, 4) is 11.5 Å². The molecule has 8 heteroatoms. The van der Waals surface area contributed by atoms with Gasteiger partial charge >= 0.3 is 0 Å². The minimum Gasteiger partial charge on any atom is -0.493 e. The molecular formula is C25H48Cl2N2O4. The summed E-state index contributed by atoms with van der Waals surface area (Å²) >= 11 is 0. The highest BCUT2D eigenvalue weighted by atomic mass is 35.5. The normalized spacial score (nSPS) is 14.1. The predicted molar refractivity (Wildman–Crippen MR) is 142 cm³/mol. The first-order valence-electron chi connectivity index (χ1n) is 11.6. The molecule has 1 aromatic rings. The second kappa shape index (κ2) is 17.6. The highest BCUT2D eigenvalue weighted by Crippen LogP contribution is 2.31. The van der Waals surface area contributed by atoms with E-state index in [2.05, 4.69) is 52.1 Å². The maximum Gasteiger partial charge on any atom is 0.161 e. The summed E-state index contributed by atoms with van der Waals surface area (Å²) in [5.74, 6) is 2.30. The van der Waals surface area contributed by atoms with Crippen LogP contribution in [0.15, 0.2) is 18.2 Å². The third-order valence-electron chi connectivity index (χ3n) is 6.16. The highest BCUT2D eigenvalue weighted by Gasteiger charge is 2.24. The van der Waals surface area contributed by atoms with Gasteiger partial charge < -0.3 is 30.4 Å². The number of aliphatic hydroxyl groups excluding tert-OH is 1. The summed E-state index contributed by atoms with van der Waals surface area (Å²) in [7, 11) is 3.35. The van der Waals surface area contributed by atoms with Crippen LogP contribution >= 0.6 is 24.8 Å². The monoisotopic (exact) mass is 510 g/mol. The quantitative estimate of drug-likeness (QED) is 0.281. The fraction of sp³-hybridized carbons (Fsp3) is 0.760. The average Bonchev–Trinajstić information content (AvgIpc) is 2.74. The lowest BCUT2D eigenvalue weighted by molar-refractivity contribution is 0.115. The predicted octanol–water partition coefficient (Wildman–Crippen LogP) is 4.63. The highest BCUT2D eigenvalue weighted by molar-refractivity contribution is 5.85. The van der Waals surface area contributed by atoms with Crippen LogP contribution < -0.4 is 20.5 Å². The van der Waals surface area contributed by atoms with Gasteiger partial charge in [-0.2, -0.15) is 0 Å². The smallest absolute Gasteiger partial charge is 0.161 e. The summed E-state index contributed by atoms with van der Waals surface area (Å²) in [5, 5.41) is 14.0. The van der Waals surface area contributed by atoms with Crippen molar-refractivity contribution in [2.45, 2.75) is 78.0 Å². The summed E-state index contributed by atoms with van der Waals surface area (Å²) < 4.78 is 16.5. The zero-order chi connectivity index (χ0) is 23.4. The molecule has 0 aliphatic carbocycles. The van der Waals surface area contributed by atoms with Crippen molar-refractivity contribution in [3.05, 3.63) is 23.8 Å². The Balaban J connectivity index is 0. The van der Waals surface area contributed by atoms with E-state index in [0.717, 1.165) is 37.2 Å². The van der Waals surface area contributed by atoms with Crippen molar-refractivity contribution in [3.63, 3.8) is 0 Å². The Morgan fingerprint density at radius 1 is 1.09 bits per heavy atom. The summed E-state index contributed by atoms with van der Waals surface area (Å²) in [4.78, 5) is 0. The van der Waals surface area contributed by atoms with Gasteiger partial charge in [0.2, 0.25) is 0 Å². The van der Waals surface area contributed by atoms with E-state index in [1.54, 1.807) is 14.2 Å². The van der Waals surface area contributed by atoms with Crippen LogP contribution in [-0.4, -0.2) is 56.8 Å². The largest absolute Gasteiger partial charge is 0.493 e. The van der Waals surface area contributed by atoms with Gasteiger partial charge in [-0.05, 0) is 62.6 Å². The van der Waals surface area contributed by atoms with Gasteiger partial charge in [-0.25, -0.2) is 0 Å². The Hall–Kier alpha value is -0.760. The summed E-state index contributed by atoms with van der Waals surface area (Å²) in [6.07, 6.45) is 2.90. The SMILES string of the molecule is CCC(C)(C)NC[C@H](O)[C@@H](N)C[C@H](Cc1ccc(OC)c(OCCCOC)c1)C(C)C.Cl.Cl. The Kier molecular flexibility index (Phi) is 18.4. The number of rotatable bonds is 16. The van der Waals surface area contributed by atoms with Gasteiger partial charge in [-0.15, -0.1) is 24.8 Å². The molecule has 0 heterocycles. The van der Waals surface area contributed by atoms with E-state index >= 15 is 0 Å². The molecular weight excluding hydrogens is 463 g/mol. The fourth-order valence-corrected chi connectivity index (χ4v) is 3.40. The van der Waals surface area contributed by atoms with Crippen LogP contribution in [0.4, 0.5) is 0 Å². The molecule has 0 spiro atoms. The molecule has 0 aliphatic rings. The Morgan fingerprint density at radius 3 is 2.30 bits per heavy atom. The van der Waals surface area contributed by atoms with Crippen LogP contribution in [0.3, 0.4) is 0 Å². The minimum absolute atomic E-state index is 0. The molecule has 0 bridgehead atoms. The zero-order valence-electron chi connectivity index (χ0n) is 21.6. The maximum absolute atomic E-state index is 10.6. The van der Waals surface area contributed by atoms with Gasteiger partial charge in [0.05, 0.1) is 19.8 Å². The van der Waals surface area contributed by atoms with Crippen LogP contribution in [0, 0.1) is 11.8 Å². The van der Waals surface area contributed by atoms with E-state index in [0.29, 0.717) is 31.6 Å². The Morgan fingerprint density at radius 2 is 1.76 bits per heavy atom. The first-order valence-corrected chi connectivity index (χ1v) is 11.6. The first-order chi connectivity index (χ1) is 14.6. The summed E-state index contributed by atoms with van der Waals surface area (Å²) in [5.41, 5.74) is 7.59. The van der Waals surface area contributed by atoms with Crippen molar-refractivity contribution in [1.29, 1.82) is 0 Å². The van der Waals surface area contributed by atoms with Gasteiger partial charge in [-0.1, -0.05) is 26.8 Å². The third kappa shape index (κ3) is 13.1. The van der Waals surface area contributed by atoms with E-state index in [1.165, 1.54) is 5.56 Å². The number of nitrogens with two attached hydrogens (primary N) is 1. The molecule has 0 aromatic heterocycles. The van der Waals surface area contributed by atoms with Gasteiger partial charge in [0.1, 0.15) is 0 Å². The molecule has 0 fully saturated rings. The van der Waals surface area contributed by atoms with E-state index in [9.17, 15) is 5.11 Å². The first kappa shape index (κ1) is 34.4. The lowest BCUT2D eigenvalue weighted by Gasteiger charge is -2.30. The molecule has 0 unspecified atom stereocenters. The van der Waals surface area contributed by atoms with E-state index in [1.807, 2.05) is 6.07 Å². The van der Waals surface area contributed by atoms with E-state index < -0.39 is 6.10 Å². The number of ether oxygens (including phenoxy) is 3. The van der Waals surface area contributed by atoms with Crippen molar-refractivity contribution < 1.29 is 19.3 Å². The van der Waals surface area contributed by atoms with Gasteiger partial charge in [0.15, 0.2) is 11.5 Å². The molecule has 4 N–H and O–H groups in total. The average molecular weight is 512 g/mol. The number of halogens is 2. The number of hydrogen-bond acceptors (Lipinski definition) is 6. The molecule has 33 heavy (non-hydrogen) atoms. The fourth-order valence-electron chi connectivity index (χ4n) is 3.40. The number of methoxy groups -OCH3 is 2. The number of β-amino-alcohol motifs (C(OH)–C–C–N with tert-alkyl or cyclic N) is 1. The molecule has 0 amide bonds. The summed E-state index contributed by atoms with van der Waals surface area (Å²) in [6.45, 7) is 12.6. The molecule has 3 atom stereocenters. The van der Waals surface area contributed by atoms with Crippen LogP contribution in [0.25, 0.3) is 0 Å². The van der Waals surface area contributed by atoms with Gasteiger partial charge in [0, 0.05) is 38.3 Å². The van der Waals surface area contributed by atoms with Crippen LogP contribution in [0.1, 0.15) is 59.4 Å². The molecule has 1 rings (SSSR count). The topological polar surface area (TPSA) is 86.0 Å². The maximum atomic E-state index is 10.6. The molecule has 1 aromatic carbocycles. The number of benzene rings is 1. The number of aliphatic hydroxyl groups is 1. The van der Waals surface area contributed by atoms with Crippen LogP contribution in [0.2, 0.25) is 0 Å². The third-order valence-corrected chi connectivity index (χ3v) is 6.16. The van der Waals surface area contributed by atoms with Crippen LogP contribution in [0.5, 0.6) is 11.5 Å². The van der Waals surface area contributed by atoms with Crippen molar-refractivity contribution in [2.24, 2.45) is 17.6 Å². The molecule has 0 saturated heterocycles. The minimum atomic E-state index is -0.567. The van der Waals surface area contributed by atoms with Gasteiger partial charge in [-0.3, -0.25) is 0 Å². The molecule has 0 saturated carbocycles. The van der Waals surface area contributed by atoms with Crippen molar-refractivity contribution >= 4 is 24.8 Å². The molecule has 0 aliphatic heterocycles. The van der Waals surface area contributed by atoms with Crippen LogP contribution in [-0.2, 0) is 11.2 Å². The van der Waals surface area contributed by atoms with Crippen molar-refractivity contribution in [1.82, 2.24) is 5.32 Å². The molecule has 6 nitrogen and oxygen atoms in total. The lowest BCUT2D eigenvalue weighted by atomic mass is 9.83. The van der Waals surface area contributed by atoms with E-state index in [-0.39, 0.29) is 36.4 Å². The lowest BCUT2D eigenvalue weighted by Crippen LogP contribution is -2.49. The summed E-state index contributed by atoms with van der Waals surface area (Å²) in [6, 6.07) is 5.84.